The Balaban J connectivity index is 2.10. The lowest BCUT2D eigenvalue weighted by atomic mass is 10.2. The van der Waals surface area contributed by atoms with E-state index in [0.29, 0.717) is 37.1 Å². The Bertz CT molecular complexity index is 704. The molecule has 0 atom stereocenters. The van der Waals surface area contributed by atoms with Crippen molar-refractivity contribution >= 4 is 11.7 Å². The SMILES string of the molecule is CC(C)COc1ccccc1NC(=O)N(CCN(C)C)Cc1cccnc1. The number of rotatable bonds is 9. The van der Waals surface area contributed by atoms with Gasteiger partial charge in [-0.15, -0.1) is 0 Å². The maximum absolute atomic E-state index is 12.9. The molecule has 0 saturated heterocycles. The Morgan fingerprint density at radius 3 is 2.59 bits per heavy atom. The van der Waals surface area contributed by atoms with Gasteiger partial charge in [0, 0.05) is 32.0 Å². The number of urea groups is 1. The number of benzene rings is 1. The molecule has 1 heterocycles. The smallest absolute Gasteiger partial charge is 0.322 e. The third-order valence-electron chi connectivity index (χ3n) is 3.90. The highest BCUT2D eigenvalue weighted by Crippen LogP contribution is 2.24. The van der Waals surface area contributed by atoms with E-state index in [-0.39, 0.29) is 6.03 Å². The summed E-state index contributed by atoms with van der Waals surface area (Å²) in [5.41, 5.74) is 1.68. The fourth-order valence-electron chi connectivity index (χ4n) is 2.43. The van der Waals surface area contributed by atoms with Crippen LogP contribution in [0.4, 0.5) is 10.5 Å². The summed E-state index contributed by atoms with van der Waals surface area (Å²) in [4.78, 5) is 20.9. The van der Waals surface area contributed by atoms with Crippen molar-refractivity contribution < 1.29 is 9.53 Å². The molecule has 0 saturated carbocycles. The van der Waals surface area contributed by atoms with Crippen LogP contribution in [0.5, 0.6) is 5.75 Å². The van der Waals surface area contributed by atoms with E-state index >= 15 is 0 Å². The molecule has 27 heavy (non-hydrogen) atoms. The number of hydrogen-bond donors (Lipinski definition) is 1. The van der Waals surface area contributed by atoms with E-state index in [9.17, 15) is 4.79 Å². The Morgan fingerprint density at radius 1 is 1.15 bits per heavy atom. The van der Waals surface area contributed by atoms with E-state index in [0.717, 1.165) is 12.1 Å². The predicted octanol–water partition coefficient (Wildman–Crippen LogP) is 3.71. The molecule has 0 spiro atoms. The molecule has 1 N–H and O–H groups in total. The average molecular weight is 370 g/mol. The standard InChI is InChI=1S/C21H30N4O2/c1-17(2)16-27-20-10-6-5-9-19(20)23-21(26)25(13-12-24(3)4)15-18-8-7-11-22-14-18/h5-11,14,17H,12-13,15-16H2,1-4H3,(H,23,26). The summed E-state index contributed by atoms with van der Waals surface area (Å²) < 4.78 is 5.84. The minimum atomic E-state index is -0.152. The number of carbonyl (C=O) groups excluding carboxylic acids is 1. The highest BCUT2D eigenvalue weighted by molar-refractivity contribution is 5.91. The first kappa shape index (κ1) is 20.7. The highest BCUT2D eigenvalue weighted by Gasteiger charge is 2.16. The van der Waals surface area contributed by atoms with Crippen molar-refractivity contribution in [2.75, 3.05) is 39.1 Å². The van der Waals surface area contributed by atoms with Crippen LogP contribution < -0.4 is 10.1 Å². The van der Waals surface area contributed by atoms with Crippen LogP contribution in [0, 0.1) is 5.92 Å². The number of ether oxygens (including phenoxy) is 1. The van der Waals surface area contributed by atoms with Crippen molar-refractivity contribution in [1.29, 1.82) is 0 Å². The molecule has 1 aromatic heterocycles. The van der Waals surface area contributed by atoms with Gasteiger partial charge in [-0.25, -0.2) is 4.79 Å². The molecule has 0 aliphatic carbocycles. The van der Waals surface area contributed by atoms with Crippen LogP contribution in [0.3, 0.4) is 0 Å². The molecule has 0 aliphatic rings. The number of para-hydroxylation sites is 2. The van der Waals surface area contributed by atoms with E-state index in [2.05, 4.69) is 29.0 Å². The number of anilines is 1. The van der Waals surface area contributed by atoms with Crippen molar-refractivity contribution in [3.05, 3.63) is 54.4 Å². The molecule has 0 aliphatic heterocycles. The predicted molar refractivity (Wildman–Crippen MR) is 109 cm³/mol. The van der Waals surface area contributed by atoms with Crippen molar-refractivity contribution in [3.8, 4) is 5.75 Å². The third-order valence-corrected chi connectivity index (χ3v) is 3.90. The molecule has 146 valence electrons. The molecule has 0 bridgehead atoms. The molecule has 2 aromatic rings. The first-order valence-electron chi connectivity index (χ1n) is 9.27. The topological polar surface area (TPSA) is 57.7 Å². The van der Waals surface area contributed by atoms with E-state index in [4.69, 9.17) is 4.74 Å². The zero-order chi connectivity index (χ0) is 19.6. The minimum Gasteiger partial charge on any atom is -0.491 e. The Labute approximate surface area is 162 Å². The second-order valence-electron chi connectivity index (χ2n) is 7.22. The quantitative estimate of drug-likeness (QED) is 0.731. The van der Waals surface area contributed by atoms with Crippen LogP contribution >= 0.6 is 0 Å². The Hall–Kier alpha value is -2.60. The van der Waals surface area contributed by atoms with Crippen LogP contribution in [0.15, 0.2) is 48.8 Å². The lowest BCUT2D eigenvalue weighted by Gasteiger charge is -2.25. The van der Waals surface area contributed by atoms with E-state index in [1.165, 1.54) is 0 Å². The van der Waals surface area contributed by atoms with Gasteiger partial charge in [0.2, 0.25) is 0 Å². The number of amides is 2. The van der Waals surface area contributed by atoms with E-state index < -0.39 is 0 Å². The monoisotopic (exact) mass is 370 g/mol. The second kappa shape index (κ2) is 10.5. The van der Waals surface area contributed by atoms with Crippen molar-refractivity contribution in [2.45, 2.75) is 20.4 Å². The summed E-state index contributed by atoms with van der Waals surface area (Å²) in [6.07, 6.45) is 3.52. The Morgan fingerprint density at radius 2 is 1.93 bits per heavy atom. The average Bonchev–Trinajstić information content (AvgIpc) is 2.65. The number of nitrogens with zero attached hydrogens (tertiary/aromatic N) is 3. The molecule has 0 radical (unpaired) electrons. The second-order valence-corrected chi connectivity index (χ2v) is 7.22. The molecule has 6 heteroatoms. The first-order chi connectivity index (χ1) is 13.0. The largest absolute Gasteiger partial charge is 0.491 e. The summed E-state index contributed by atoms with van der Waals surface area (Å²) in [6, 6.07) is 11.2. The van der Waals surface area contributed by atoms with Crippen LogP contribution in [-0.2, 0) is 6.54 Å². The zero-order valence-electron chi connectivity index (χ0n) is 16.7. The molecule has 2 amide bonds. The number of pyridine rings is 1. The number of likely N-dealkylation sites (N-methyl/N-ethyl adjacent to an activating group) is 1. The lowest BCUT2D eigenvalue weighted by Crippen LogP contribution is -2.39. The normalized spacial score (nSPS) is 10.9. The summed E-state index contributed by atoms with van der Waals surface area (Å²) >= 11 is 0. The fraction of sp³-hybridized carbons (Fsp3) is 0.429. The number of nitrogens with one attached hydrogen (secondary N) is 1. The number of aromatic nitrogens is 1. The number of carbonyl (C=O) groups is 1. The van der Waals surface area contributed by atoms with Gasteiger partial charge in [0.1, 0.15) is 5.75 Å². The lowest BCUT2D eigenvalue weighted by molar-refractivity contribution is 0.202. The highest BCUT2D eigenvalue weighted by atomic mass is 16.5. The fourth-order valence-corrected chi connectivity index (χ4v) is 2.43. The van der Waals surface area contributed by atoms with Crippen molar-refractivity contribution in [2.24, 2.45) is 5.92 Å². The van der Waals surface area contributed by atoms with Gasteiger partial charge in [0.05, 0.1) is 12.3 Å². The van der Waals surface area contributed by atoms with Gasteiger partial charge >= 0.3 is 6.03 Å². The van der Waals surface area contributed by atoms with Gasteiger partial charge < -0.3 is 19.9 Å². The molecule has 0 unspecified atom stereocenters. The van der Waals surface area contributed by atoms with E-state index in [1.54, 1.807) is 17.3 Å². The Kier molecular flexibility index (Phi) is 8.07. The van der Waals surface area contributed by atoms with Gasteiger partial charge in [0.25, 0.3) is 0 Å². The third kappa shape index (κ3) is 7.27. The van der Waals surface area contributed by atoms with Gasteiger partial charge in [-0.05, 0) is 43.8 Å². The minimum absolute atomic E-state index is 0.152. The zero-order valence-corrected chi connectivity index (χ0v) is 16.7. The molecular formula is C21H30N4O2. The molecule has 6 nitrogen and oxygen atoms in total. The van der Waals surface area contributed by atoms with Crippen LogP contribution in [0.1, 0.15) is 19.4 Å². The van der Waals surface area contributed by atoms with Crippen LogP contribution in [-0.4, -0.2) is 54.6 Å². The summed E-state index contributed by atoms with van der Waals surface area (Å²) in [5.74, 6) is 1.10. The van der Waals surface area contributed by atoms with Gasteiger partial charge in [-0.3, -0.25) is 4.98 Å². The van der Waals surface area contributed by atoms with Gasteiger partial charge in [-0.2, -0.15) is 0 Å². The molecule has 1 aromatic carbocycles. The molecular weight excluding hydrogens is 340 g/mol. The van der Waals surface area contributed by atoms with Crippen molar-refractivity contribution in [3.63, 3.8) is 0 Å². The molecule has 2 rings (SSSR count). The van der Waals surface area contributed by atoms with Gasteiger partial charge in [0.15, 0.2) is 0 Å². The summed E-state index contributed by atoms with van der Waals surface area (Å²) in [5, 5.41) is 3.00. The van der Waals surface area contributed by atoms with Crippen LogP contribution in [0.25, 0.3) is 0 Å². The summed E-state index contributed by atoms with van der Waals surface area (Å²) in [6.45, 7) is 6.69. The molecule has 0 fully saturated rings. The number of hydrogen-bond acceptors (Lipinski definition) is 4. The first-order valence-corrected chi connectivity index (χ1v) is 9.27. The van der Waals surface area contributed by atoms with Gasteiger partial charge in [-0.1, -0.05) is 32.0 Å². The summed E-state index contributed by atoms with van der Waals surface area (Å²) in [7, 11) is 3.99. The van der Waals surface area contributed by atoms with E-state index in [1.807, 2.05) is 50.5 Å². The maximum Gasteiger partial charge on any atom is 0.322 e. The van der Waals surface area contributed by atoms with Crippen LogP contribution in [0.2, 0.25) is 0 Å². The van der Waals surface area contributed by atoms with Crippen molar-refractivity contribution in [1.82, 2.24) is 14.8 Å². The maximum atomic E-state index is 12.9.